The van der Waals surface area contributed by atoms with E-state index in [1.54, 1.807) is 0 Å². The fourth-order valence-electron chi connectivity index (χ4n) is 2.86. The Kier molecular flexibility index (Phi) is 5.42. The molecule has 3 rings (SSSR count). The molecule has 0 bridgehead atoms. The van der Waals surface area contributed by atoms with Gasteiger partial charge in [-0.05, 0) is 29.8 Å². The van der Waals surface area contributed by atoms with Crippen LogP contribution in [0.1, 0.15) is 12.6 Å². The molecule has 0 radical (unpaired) electrons. The van der Waals surface area contributed by atoms with E-state index >= 15 is 0 Å². The van der Waals surface area contributed by atoms with Crippen LogP contribution in [-0.2, 0) is 20.8 Å². The van der Waals surface area contributed by atoms with Crippen molar-refractivity contribution in [3.8, 4) is 22.4 Å². The van der Waals surface area contributed by atoms with Gasteiger partial charge in [-0.25, -0.2) is 18.2 Å². The van der Waals surface area contributed by atoms with E-state index in [9.17, 15) is 30.8 Å². The van der Waals surface area contributed by atoms with Crippen LogP contribution in [-0.4, -0.2) is 30.5 Å². The van der Waals surface area contributed by atoms with Crippen LogP contribution < -0.4 is 5.43 Å². The zero-order chi connectivity index (χ0) is 22.3. The molecule has 1 N–H and O–H groups in total. The average Bonchev–Trinajstić information content (AvgIpc) is 3.00. The molecule has 1 aromatic heterocycles. The zero-order valence-electron chi connectivity index (χ0n) is 15.7. The predicted octanol–water partition coefficient (Wildman–Crippen LogP) is 3.87. The van der Waals surface area contributed by atoms with Crippen molar-refractivity contribution < 1.29 is 30.8 Å². The quantitative estimate of drug-likeness (QED) is 0.624. The number of alkyl halides is 3. The summed E-state index contributed by atoms with van der Waals surface area (Å²) in [6, 6.07) is 9.42. The van der Waals surface area contributed by atoms with Gasteiger partial charge in [-0.15, -0.1) is 0 Å². The van der Waals surface area contributed by atoms with Crippen molar-refractivity contribution in [2.75, 3.05) is 11.7 Å². The molecule has 11 heteroatoms. The highest BCUT2D eigenvalue weighted by atomic mass is 32.2. The van der Waals surface area contributed by atoms with E-state index in [1.165, 1.54) is 24.3 Å². The summed E-state index contributed by atoms with van der Waals surface area (Å²) >= 11 is 0. The Bertz CT molecular complexity index is 1200. The lowest BCUT2D eigenvalue weighted by atomic mass is 9.98. The number of hydrogen-bond donors (Lipinski definition) is 1. The van der Waals surface area contributed by atoms with Gasteiger partial charge in [-0.2, -0.15) is 23.1 Å². The van der Waals surface area contributed by atoms with Gasteiger partial charge in [0.25, 0.3) is 0 Å². The number of rotatable bonds is 4. The van der Waals surface area contributed by atoms with Crippen LogP contribution in [0.25, 0.3) is 22.4 Å². The fraction of sp³-hybridized carbons (Fsp3) is 0.158. The highest BCUT2D eigenvalue weighted by Crippen LogP contribution is 2.42. The molecule has 0 aliphatic carbocycles. The lowest BCUT2D eigenvalue weighted by molar-refractivity contribution is -0.143. The molecule has 3 aromatic rings. The third-order valence-electron chi connectivity index (χ3n) is 4.11. The minimum Gasteiger partial charge on any atom is -0.274 e. The molecule has 0 atom stereocenters. The highest BCUT2D eigenvalue weighted by Gasteiger charge is 2.41. The Hall–Kier alpha value is -3.21. The maximum Gasteiger partial charge on any atom is 0.435 e. The predicted molar refractivity (Wildman–Crippen MR) is 101 cm³/mol. The van der Waals surface area contributed by atoms with Gasteiger partial charge >= 0.3 is 6.18 Å². The van der Waals surface area contributed by atoms with Crippen LogP contribution in [0, 0.1) is 5.82 Å². The van der Waals surface area contributed by atoms with E-state index in [0.717, 1.165) is 37.4 Å². The number of amides is 1. The van der Waals surface area contributed by atoms with Crippen molar-refractivity contribution in [3.05, 3.63) is 60.0 Å². The highest BCUT2D eigenvalue weighted by molar-refractivity contribution is 7.90. The van der Waals surface area contributed by atoms with E-state index in [-0.39, 0.29) is 27.3 Å². The average molecular weight is 441 g/mol. The molecule has 1 heterocycles. The first kappa shape index (κ1) is 21.5. The van der Waals surface area contributed by atoms with Gasteiger partial charge in [0.1, 0.15) is 11.5 Å². The monoisotopic (exact) mass is 441 g/mol. The minimum atomic E-state index is -4.91. The normalized spacial score (nSPS) is 12.1. The van der Waals surface area contributed by atoms with Crippen LogP contribution in [0.3, 0.4) is 0 Å². The molecule has 0 aliphatic rings. The maximum atomic E-state index is 13.9. The summed E-state index contributed by atoms with van der Waals surface area (Å²) in [5, 5.41) is 3.90. The topological polar surface area (TPSA) is 81.1 Å². The van der Waals surface area contributed by atoms with E-state index in [2.05, 4.69) is 5.10 Å². The largest absolute Gasteiger partial charge is 0.435 e. The first-order valence-corrected chi connectivity index (χ1v) is 10.3. The van der Waals surface area contributed by atoms with E-state index in [4.69, 9.17) is 0 Å². The van der Waals surface area contributed by atoms with Crippen molar-refractivity contribution in [2.45, 2.75) is 18.0 Å². The first-order chi connectivity index (χ1) is 13.9. The summed E-state index contributed by atoms with van der Waals surface area (Å²) in [5.74, 6) is -1.42. The molecule has 0 aliphatic heterocycles. The standard InChI is InChI=1S/C19H15F4N3O3S/c1-11(27)24-26-18(19(21,22)23)16(12-3-7-14(20)8-4-12)17(25-26)13-5-9-15(10-6-13)30(2,28)29/h3-10H,1-2H3,(H,24,27). The van der Waals surface area contributed by atoms with Gasteiger partial charge in [0.05, 0.1) is 4.90 Å². The molecular weight excluding hydrogens is 426 g/mol. The number of carbonyl (C=O) groups excluding carboxylic acids is 1. The van der Waals surface area contributed by atoms with Crippen LogP contribution >= 0.6 is 0 Å². The Morgan fingerprint density at radius 1 is 1.00 bits per heavy atom. The van der Waals surface area contributed by atoms with Gasteiger partial charge in [-0.1, -0.05) is 24.3 Å². The molecule has 0 fully saturated rings. The van der Waals surface area contributed by atoms with Crippen molar-refractivity contribution in [3.63, 3.8) is 0 Å². The smallest absolute Gasteiger partial charge is 0.274 e. The minimum absolute atomic E-state index is 0.0162. The van der Waals surface area contributed by atoms with Crippen molar-refractivity contribution in [2.24, 2.45) is 0 Å². The molecule has 1 amide bonds. The lowest BCUT2D eigenvalue weighted by Gasteiger charge is -2.13. The van der Waals surface area contributed by atoms with Gasteiger partial charge in [0, 0.05) is 24.3 Å². The molecular formula is C19H15F4N3O3S. The summed E-state index contributed by atoms with van der Waals surface area (Å²) in [7, 11) is -3.52. The molecule has 0 spiro atoms. The lowest BCUT2D eigenvalue weighted by Crippen LogP contribution is -2.27. The molecule has 0 saturated heterocycles. The zero-order valence-corrected chi connectivity index (χ0v) is 16.5. The number of carbonyl (C=O) groups is 1. The third kappa shape index (κ3) is 4.35. The third-order valence-corrected chi connectivity index (χ3v) is 5.23. The summed E-state index contributed by atoms with van der Waals surface area (Å²) in [4.78, 5) is 11.7. The Balaban J connectivity index is 2.32. The Morgan fingerprint density at radius 2 is 1.53 bits per heavy atom. The Labute approximate surface area is 169 Å². The van der Waals surface area contributed by atoms with Crippen molar-refractivity contribution in [1.82, 2.24) is 9.89 Å². The summed E-state index contributed by atoms with van der Waals surface area (Å²) < 4.78 is 78.4. The SMILES string of the molecule is CC(=O)Nn1nc(-c2ccc(S(C)(=O)=O)cc2)c(-c2ccc(F)cc2)c1C(F)(F)F. The summed E-state index contributed by atoms with van der Waals surface area (Å²) in [6.07, 6.45) is -3.91. The van der Waals surface area contributed by atoms with Crippen LogP contribution in [0.5, 0.6) is 0 Å². The van der Waals surface area contributed by atoms with Crippen molar-refractivity contribution in [1.29, 1.82) is 0 Å². The number of hydrogen-bond acceptors (Lipinski definition) is 4. The van der Waals surface area contributed by atoms with Crippen LogP contribution in [0.4, 0.5) is 17.6 Å². The number of benzene rings is 2. The van der Waals surface area contributed by atoms with E-state index < -0.39 is 33.4 Å². The van der Waals surface area contributed by atoms with Crippen LogP contribution in [0.2, 0.25) is 0 Å². The van der Waals surface area contributed by atoms with Gasteiger partial charge < -0.3 is 0 Å². The van der Waals surface area contributed by atoms with Gasteiger partial charge in [-0.3, -0.25) is 4.79 Å². The van der Waals surface area contributed by atoms with Gasteiger partial charge in [0.2, 0.25) is 5.91 Å². The molecule has 0 saturated carbocycles. The van der Waals surface area contributed by atoms with Crippen molar-refractivity contribution >= 4 is 15.7 Å². The Morgan fingerprint density at radius 3 is 2.00 bits per heavy atom. The molecule has 158 valence electrons. The number of aromatic nitrogens is 2. The number of halogens is 4. The molecule has 2 aromatic carbocycles. The fourth-order valence-corrected chi connectivity index (χ4v) is 3.49. The number of nitrogens with zero attached hydrogens (tertiary/aromatic N) is 2. The van der Waals surface area contributed by atoms with Gasteiger partial charge in [0.15, 0.2) is 15.5 Å². The second-order valence-corrected chi connectivity index (χ2v) is 8.47. The van der Waals surface area contributed by atoms with Crippen LogP contribution in [0.15, 0.2) is 53.4 Å². The van der Waals surface area contributed by atoms with E-state index in [0.29, 0.717) is 4.79 Å². The first-order valence-electron chi connectivity index (χ1n) is 8.42. The number of nitrogens with one attached hydrogen (secondary N) is 1. The molecule has 0 unspecified atom stereocenters. The summed E-state index contributed by atoms with van der Waals surface area (Å²) in [6.45, 7) is 1.03. The second-order valence-electron chi connectivity index (χ2n) is 6.45. The maximum absolute atomic E-state index is 13.9. The molecule has 30 heavy (non-hydrogen) atoms. The summed E-state index contributed by atoms with van der Waals surface area (Å²) in [5.41, 5.74) is 0.390. The number of sulfone groups is 1. The molecule has 6 nitrogen and oxygen atoms in total. The second kappa shape index (κ2) is 7.56. The van der Waals surface area contributed by atoms with E-state index in [1.807, 2.05) is 5.43 Å².